The van der Waals surface area contributed by atoms with Crippen LogP contribution in [0.5, 0.6) is 0 Å². The van der Waals surface area contributed by atoms with Gasteiger partial charge in [0.15, 0.2) is 0 Å². The van der Waals surface area contributed by atoms with Gasteiger partial charge in [0.2, 0.25) is 5.91 Å². The third-order valence-corrected chi connectivity index (χ3v) is 10.1. The molecule has 1 amide bonds. The first-order valence-corrected chi connectivity index (χ1v) is 11.9. The summed E-state index contributed by atoms with van der Waals surface area (Å²) in [6.07, 6.45) is 11.2. The molecular formula is C24H42N2O2. The molecule has 0 heterocycles. The molecule has 4 heteroatoms. The smallest absolute Gasteiger partial charge is 0.236 e. The second-order valence-corrected chi connectivity index (χ2v) is 11.4. The minimum Gasteiger partial charge on any atom is -0.393 e. The van der Waals surface area contributed by atoms with Crippen LogP contribution in [0.1, 0.15) is 85.5 Å². The number of nitrogens with two attached hydrogens (primary N) is 1. The molecule has 4 rings (SSSR count). The Morgan fingerprint density at radius 1 is 1.00 bits per heavy atom. The van der Waals surface area contributed by atoms with Crippen molar-refractivity contribution in [3.05, 3.63) is 0 Å². The van der Waals surface area contributed by atoms with Crippen LogP contribution in [0.15, 0.2) is 0 Å². The van der Waals surface area contributed by atoms with E-state index in [9.17, 15) is 9.90 Å². The quantitative estimate of drug-likeness (QED) is 0.685. The van der Waals surface area contributed by atoms with Gasteiger partial charge in [-0.3, -0.25) is 4.79 Å². The van der Waals surface area contributed by atoms with Crippen LogP contribution in [0.3, 0.4) is 0 Å². The molecule has 0 aromatic heterocycles. The number of aliphatic hydroxyl groups is 1. The molecule has 0 aromatic rings. The van der Waals surface area contributed by atoms with Crippen molar-refractivity contribution in [3.8, 4) is 0 Å². The number of carbonyl (C=O) groups excluding carboxylic acids is 1. The maximum Gasteiger partial charge on any atom is 0.236 e. The molecular weight excluding hydrogens is 348 g/mol. The van der Waals surface area contributed by atoms with E-state index in [1.807, 2.05) is 6.92 Å². The predicted octanol–water partition coefficient (Wildman–Crippen LogP) is 3.86. The van der Waals surface area contributed by atoms with E-state index in [-0.39, 0.29) is 12.0 Å². The normalized spacial score (nSPS) is 50.1. The summed E-state index contributed by atoms with van der Waals surface area (Å²) in [6, 6.07) is -0.0997. The van der Waals surface area contributed by atoms with Gasteiger partial charge in [0, 0.05) is 6.04 Å². The molecule has 0 aromatic carbocycles. The minimum absolute atomic E-state index is 0.00541. The van der Waals surface area contributed by atoms with Gasteiger partial charge in [0.25, 0.3) is 0 Å². The first-order chi connectivity index (χ1) is 13.2. The summed E-state index contributed by atoms with van der Waals surface area (Å²) in [6.45, 7) is 8.85. The summed E-state index contributed by atoms with van der Waals surface area (Å²) in [5, 5.41) is 13.6. The highest BCUT2D eigenvalue weighted by atomic mass is 16.3. The highest BCUT2D eigenvalue weighted by Gasteiger charge is 2.60. The van der Waals surface area contributed by atoms with Crippen LogP contribution in [0, 0.1) is 40.4 Å². The fourth-order valence-electron chi connectivity index (χ4n) is 8.55. The number of amides is 1. The molecule has 0 radical (unpaired) electrons. The maximum absolute atomic E-state index is 12.1. The average Bonchev–Trinajstić information content (AvgIpc) is 2.99. The van der Waals surface area contributed by atoms with Gasteiger partial charge in [0.05, 0.1) is 12.1 Å². The molecule has 0 bridgehead atoms. The average molecular weight is 391 g/mol. The maximum atomic E-state index is 12.1. The second-order valence-electron chi connectivity index (χ2n) is 11.4. The third-order valence-electron chi connectivity index (χ3n) is 10.1. The van der Waals surface area contributed by atoms with Crippen molar-refractivity contribution < 1.29 is 9.90 Å². The van der Waals surface area contributed by atoms with Crippen LogP contribution in [0.25, 0.3) is 0 Å². The zero-order valence-corrected chi connectivity index (χ0v) is 18.4. The van der Waals surface area contributed by atoms with Crippen molar-refractivity contribution >= 4 is 5.91 Å². The van der Waals surface area contributed by atoms with Crippen LogP contribution < -0.4 is 11.1 Å². The lowest BCUT2D eigenvalue weighted by Crippen LogP contribution is -2.56. The molecule has 10 atom stereocenters. The highest BCUT2D eigenvalue weighted by Crippen LogP contribution is 2.67. The van der Waals surface area contributed by atoms with E-state index >= 15 is 0 Å². The molecule has 0 saturated heterocycles. The van der Waals surface area contributed by atoms with Gasteiger partial charge in [-0.15, -0.1) is 0 Å². The molecule has 4 fully saturated rings. The zero-order chi connectivity index (χ0) is 20.3. The summed E-state index contributed by atoms with van der Waals surface area (Å²) >= 11 is 0. The summed E-state index contributed by atoms with van der Waals surface area (Å²) in [4.78, 5) is 12.1. The lowest BCUT2D eigenvalue weighted by molar-refractivity contribution is -0.130. The molecule has 3 unspecified atom stereocenters. The Bertz CT molecular complexity index is 605. The highest BCUT2D eigenvalue weighted by molar-refractivity contribution is 5.81. The molecule has 0 aliphatic heterocycles. The van der Waals surface area contributed by atoms with E-state index < -0.39 is 6.04 Å². The Morgan fingerprint density at radius 2 is 1.68 bits per heavy atom. The summed E-state index contributed by atoms with van der Waals surface area (Å²) in [5.74, 6) is 3.72. The predicted molar refractivity (Wildman–Crippen MR) is 112 cm³/mol. The molecule has 4 aliphatic rings. The lowest BCUT2D eigenvalue weighted by atomic mass is 9.44. The van der Waals surface area contributed by atoms with Gasteiger partial charge in [-0.25, -0.2) is 0 Å². The van der Waals surface area contributed by atoms with Crippen LogP contribution in [-0.4, -0.2) is 29.2 Å². The van der Waals surface area contributed by atoms with Gasteiger partial charge >= 0.3 is 0 Å². The SMILES string of the molecule is CC(N)C(=O)NC1CC[C@@]2(C)C(CC[C@H]3[C@@H]4CC[C@H]([C@H](C)O)[C@@]4(C)CC[C@@H]32)C1. The van der Waals surface area contributed by atoms with E-state index in [1.54, 1.807) is 6.92 Å². The second kappa shape index (κ2) is 7.27. The zero-order valence-electron chi connectivity index (χ0n) is 18.4. The van der Waals surface area contributed by atoms with Gasteiger partial charge in [-0.2, -0.15) is 0 Å². The van der Waals surface area contributed by atoms with Crippen LogP contribution in [-0.2, 0) is 4.79 Å². The van der Waals surface area contributed by atoms with E-state index in [2.05, 4.69) is 19.2 Å². The Kier molecular flexibility index (Phi) is 5.36. The van der Waals surface area contributed by atoms with Crippen LogP contribution in [0.4, 0.5) is 0 Å². The fourth-order valence-corrected chi connectivity index (χ4v) is 8.55. The number of rotatable bonds is 3. The van der Waals surface area contributed by atoms with Crippen molar-refractivity contribution in [2.24, 2.45) is 46.2 Å². The first kappa shape index (κ1) is 20.7. The fraction of sp³-hybridized carbons (Fsp3) is 0.958. The van der Waals surface area contributed by atoms with E-state index in [0.717, 1.165) is 36.5 Å². The van der Waals surface area contributed by atoms with Crippen molar-refractivity contribution in [2.75, 3.05) is 0 Å². The van der Waals surface area contributed by atoms with Gasteiger partial charge in [-0.1, -0.05) is 13.8 Å². The summed E-state index contributed by atoms with van der Waals surface area (Å²) in [5.41, 5.74) is 6.54. The monoisotopic (exact) mass is 390 g/mol. The molecule has 28 heavy (non-hydrogen) atoms. The summed E-state index contributed by atoms with van der Waals surface area (Å²) < 4.78 is 0. The minimum atomic E-state index is -0.413. The molecule has 4 nitrogen and oxygen atoms in total. The molecule has 4 saturated carbocycles. The van der Waals surface area contributed by atoms with E-state index in [1.165, 1.54) is 44.9 Å². The van der Waals surface area contributed by atoms with Crippen LogP contribution >= 0.6 is 0 Å². The Balaban J connectivity index is 1.48. The van der Waals surface area contributed by atoms with Gasteiger partial charge in [-0.05, 0) is 112 Å². The number of hydrogen-bond donors (Lipinski definition) is 3. The van der Waals surface area contributed by atoms with Crippen molar-refractivity contribution in [2.45, 2.75) is 104 Å². The van der Waals surface area contributed by atoms with Gasteiger partial charge in [0.1, 0.15) is 0 Å². The molecule has 0 spiro atoms. The van der Waals surface area contributed by atoms with Crippen LogP contribution in [0.2, 0.25) is 0 Å². The molecule has 4 aliphatic carbocycles. The van der Waals surface area contributed by atoms with Crippen molar-refractivity contribution in [1.29, 1.82) is 0 Å². The number of hydrogen-bond acceptors (Lipinski definition) is 3. The topological polar surface area (TPSA) is 75.4 Å². The largest absolute Gasteiger partial charge is 0.393 e. The van der Waals surface area contributed by atoms with Crippen molar-refractivity contribution in [3.63, 3.8) is 0 Å². The standard InChI is InChI=1S/C24H42N2O2/c1-14(25)22(28)26-17-9-11-23(3)16(13-17)5-6-18-20-8-7-19(15(2)27)24(20,4)12-10-21(18)23/h14-21,27H,5-13,25H2,1-4H3,(H,26,28)/t14?,15-,16?,17?,18-,19+,20-,21-,23-,24+/m0/s1. The number of aliphatic hydroxyl groups excluding tert-OH is 1. The van der Waals surface area contributed by atoms with E-state index in [4.69, 9.17) is 5.73 Å². The molecule has 4 N–H and O–H groups in total. The van der Waals surface area contributed by atoms with Crippen molar-refractivity contribution in [1.82, 2.24) is 5.32 Å². The number of carbonyl (C=O) groups is 1. The number of fused-ring (bicyclic) bond motifs is 5. The molecule has 160 valence electrons. The lowest BCUT2D eigenvalue weighted by Gasteiger charge is -2.61. The Hall–Kier alpha value is -0.610. The Labute approximate surface area is 171 Å². The Morgan fingerprint density at radius 3 is 2.36 bits per heavy atom. The van der Waals surface area contributed by atoms with E-state index in [0.29, 0.717) is 22.8 Å². The number of nitrogens with one attached hydrogen (secondary N) is 1. The van der Waals surface area contributed by atoms with Gasteiger partial charge < -0.3 is 16.2 Å². The summed E-state index contributed by atoms with van der Waals surface area (Å²) in [7, 11) is 0. The third kappa shape index (κ3) is 3.14. The first-order valence-electron chi connectivity index (χ1n) is 11.9.